The normalized spacial score (nSPS) is 38.1. The Morgan fingerprint density at radius 3 is 2.54 bits per heavy atom. The lowest BCUT2D eigenvalue weighted by molar-refractivity contribution is -0.199. The lowest BCUT2D eigenvalue weighted by Gasteiger charge is -2.46. The summed E-state index contributed by atoms with van der Waals surface area (Å²) < 4.78 is 24.1. The molecule has 41 heavy (non-hydrogen) atoms. The second-order valence-corrected chi connectivity index (χ2v) is 14.0. The average molecular weight is 691 g/mol. The molecule has 3 saturated heterocycles. The zero-order valence-corrected chi connectivity index (χ0v) is 26.4. The number of allylic oxidation sites excluding steroid dienone is 1. The molecule has 0 radical (unpaired) electrons. The summed E-state index contributed by atoms with van der Waals surface area (Å²) in [4.78, 5) is 24.6. The molecule has 9 nitrogen and oxygen atoms in total. The fourth-order valence-electron chi connectivity index (χ4n) is 7.05. The van der Waals surface area contributed by atoms with Gasteiger partial charge in [-0.2, -0.15) is 0 Å². The molecule has 4 aliphatic rings. The number of methoxy groups -OCH3 is 1. The number of ketones is 1. The number of fused-ring (bicyclic) bond motifs is 2. The minimum Gasteiger partial charge on any atom is -0.469 e. The third-order valence-electron chi connectivity index (χ3n) is 9.52. The molecule has 1 aliphatic carbocycles. The molecule has 12 atom stereocenters. The van der Waals surface area contributed by atoms with Gasteiger partial charge in [0.05, 0.1) is 62.4 Å². The number of carbonyl (C=O) groups excluding carboxylic acids is 2. The van der Waals surface area contributed by atoms with Crippen LogP contribution in [0, 0.1) is 17.8 Å². The molecule has 0 aromatic heterocycles. The van der Waals surface area contributed by atoms with Gasteiger partial charge in [-0.1, -0.05) is 20.1 Å². The van der Waals surface area contributed by atoms with Gasteiger partial charge in [0.15, 0.2) is 0 Å². The molecule has 0 aromatic carbocycles. The standard InChI is InChI=1S/C31H47IO9/c1-16(18(3)32)11-20(33)7-10-25-17(2)12-22(39-25)9-6-21(34)14-26-28(36)24-13-19-5-8-23(15-27(35)38-4)40-30(19)29(37)31(24)41-26/h16,19-20,22-26,28-31,33,36-37H,2-3,5-15H2,1,4H3/t16-,19-,20-,22+,23-,24+,25+,26?,28-,29+,30+,31-/m1/s1. The zero-order chi connectivity index (χ0) is 29.8. The smallest absolute Gasteiger partial charge is 0.308 e. The van der Waals surface area contributed by atoms with Crippen molar-refractivity contribution in [3.8, 4) is 0 Å². The minimum atomic E-state index is -0.925. The Bertz CT molecular complexity index is 956. The van der Waals surface area contributed by atoms with E-state index in [2.05, 4.69) is 42.7 Å². The highest BCUT2D eigenvalue weighted by Gasteiger charge is 2.55. The highest BCUT2D eigenvalue weighted by atomic mass is 127. The average Bonchev–Trinajstić information content (AvgIpc) is 3.45. The van der Waals surface area contributed by atoms with Crippen LogP contribution in [-0.4, -0.2) is 89.1 Å². The Hall–Kier alpha value is -0.890. The molecule has 10 heteroatoms. The third-order valence-corrected chi connectivity index (χ3v) is 10.6. The molecular formula is C31H47IO9. The largest absolute Gasteiger partial charge is 0.469 e. The van der Waals surface area contributed by atoms with Crippen molar-refractivity contribution in [1.29, 1.82) is 0 Å². The van der Waals surface area contributed by atoms with Crippen LogP contribution in [0.2, 0.25) is 0 Å². The molecule has 4 rings (SSSR count). The Morgan fingerprint density at radius 2 is 1.83 bits per heavy atom. The van der Waals surface area contributed by atoms with Crippen LogP contribution in [0.4, 0.5) is 0 Å². The van der Waals surface area contributed by atoms with Crippen molar-refractivity contribution in [2.24, 2.45) is 17.8 Å². The Labute approximate surface area is 257 Å². The molecule has 0 amide bonds. The molecule has 1 saturated carbocycles. The number of carbonyl (C=O) groups is 2. The summed E-state index contributed by atoms with van der Waals surface area (Å²) in [5.41, 5.74) is 1.01. The van der Waals surface area contributed by atoms with Gasteiger partial charge in [0.2, 0.25) is 0 Å². The molecular weight excluding hydrogens is 643 g/mol. The van der Waals surface area contributed by atoms with E-state index in [0.29, 0.717) is 51.4 Å². The van der Waals surface area contributed by atoms with E-state index in [1.165, 1.54) is 7.11 Å². The zero-order valence-electron chi connectivity index (χ0n) is 24.3. The number of halogens is 1. The Morgan fingerprint density at radius 1 is 1.07 bits per heavy atom. The quantitative estimate of drug-likeness (QED) is 0.150. The van der Waals surface area contributed by atoms with E-state index >= 15 is 0 Å². The van der Waals surface area contributed by atoms with Crippen molar-refractivity contribution in [3.05, 3.63) is 22.3 Å². The van der Waals surface area contributed by atoms with Crippen molar-refractivity contribution in [1.82, 2.24) is 0 Å². The number of ether oxygens (including phenoxy) is 4. The lowest BCUT2D eigenvalue weighted by Crippen LogP contribution is -2.55. The van der Waals surface area contributed by atoms with Gasteiger partial charge in [0.25, 0.3) is 0 Å². The molecule has 3 aliphatic heterocycles. The summed E-state index contributed by atoms with van der Waals surface area (Å²) in [5, 5.41) is 32.5. The van der Waals surface area contributed by atoms with Crippen LogP contribution in [0.1, 0.15) is 77.6 Å². The van der Waals surface area contributed by atoms with Gasteiger partial charge in [0.1, 0.15) is 11.9 Å². The van der Waals surface area contributed by atoms with Crippen LogP contribution in [0.15, 0.2) is 22.3 Å². The van der Waals surface area contributed by atoms with Gasteiger partial charge >= 0.3 is 5.97 Å². The summed E-state index contributed by atoms with van der Waals surface area (Å²) in [6.07, 6.45) is 1.61. The summed E-state index contributed by atoms with van der Waals surface area (Å²) in [6, 6.07) is 0. The Kier molecular flexibility index (Phi) is 11.9. The maximum Gasteiger partial charge on any atom is 0.308 e. The van der Waals surface area contributed by atoms with Crippen LogP contribution >= 0.6 is 22.6 Å². The van der Waals surface area contributed by atoms with Crippen molar-refractivity contribution >= 4 is 34.3 Å². The van der Waals surface area contributed by atoms with E-state index < -0.39 is 36.6 Å². The molecule has 0 aromatic rings. The van der Waals surface area contributed by atoms with Crippen molar-refractivity contribution < 1.29 is 43.9 Å². The first kappa shape index (κ1) is 33.0. The molecule has 1 unspecified atom stereocenters. The van der Waals surface area contributed by atoms with Gasteiger partial charge in [-0.05, 0) is 94.9 Å². The number of aliphatic hydroxyl groups excluding tert-OH is 3. The van der Waals surface area contributed by atoms with Crippen molar-refractivity contribution in [2.45, 2.75) is 132 Å². The van der Waals surface area contributed by atoms with Crippen LogP contribution in [0.3, 0.4) is 0 Å². The first-order valence-corrected chi connectivity index (χ1v) is 16.2. The van der Waals surface area contributed by atoms with Gasteiger partial charge in [0, 0.05) is 18.8 Å². The van der Waals surface area contributed by atoms with E-state index in [1.54, 1.807) is 0 Å². The van der Waals surface area contributed by atoms with E-state index in [1.807, 2.05) is 0 Å². The predicted molar refractivity (Wildman–Crippen MR) is 160 cm³/mol. The summed E-state index contributed by atoms with van der Waals surface area (Å²) in [6.45, 7) is 10.2. The van der Waals surface area contributed by atoms with Gasteiger partial charge < -0.3 is 34.3 Å². The first-order chi connectivity index (χ1) is 19.5. The summed E-state index contributed by atoms with van der Waals surface area (Å²) >= 11 is 2.20. The second kappa shape index (κ2) is 14.7. The maximum atomic E-state index is 12.9. The topological polar surface area (TPSA) is 132 Å². The monoisotopic (exact) mass is 690 g/mol. The predicted octanol–water partition coefficient (Wildman–Crippen LogP) is 3.79. The van der Waals surface area contributed by atoms with E-state index in [9.17, 15) is 24.9 Å². The molecule has 232 valence electrons. The van der Waals surface area contributed by atoms with Gasteiger partial charge in [-0.15, -0.1) is 0 Å². The maximum absolute atomic E-state index is 12.9. The highest BCUT2D eigenvalue weighted by Crippen LogP contribution is 2.46. The van der Waals surface area contributed by atoms with Crippen LogP contribution in [0.25, 0.3) is 0 Å². The van der Waals surface area contributed by atoms with Gasteiger partial charge in [-0.25, -0.2) is 0 Å². The number of aliphatic hydroxyl groups is 3. The summed E-state index contributed by atoms with van der Waals surface area (Å²) in [5.74, 6) is -0.262. The van der Waals surface area contributed by atoms with Crippen LogP contribution in [-0.2, 0) is 28.5 Å². The van der Waals surface area contributed by atoms with E-state index in [-0.39, 0.29) is 60.7 Å². The van der Waals surface area contributed by atoms with Crippen LogP contribution in [0.5, 0.6) is 0 Å². The number of esters is 1. The molecule has 3 heterocycles. The van der Waals surface area contributed by atoms with Crippen molar-refractivity contribution in [2.75, 3.05) is 7.11 Å². The van der Waals surface area contributed by atoms with Crippen LogP contribution < -0.4 is 0 Å². The minimum absolute atomic E-state index is 0.00454. The van der Waals surface area contributed by atoms with Crippen molar-refractivity contribution in [3.63, 3.8) is 0 Å². The third kappa shape index (κ3) is 8.39. The number of Topliss-reactive ketones (excluding diaryl/α,β-unsaturated/α-hetero) is 1. The SMILES string of the molecule is C=C(I)[C@H](C)C[C@H](O)CC[C@@H]1O[C@@H](CCC(=O)CC2O[C@H]3[C@@H](O)[C@H]4O[C@@H](CC(=O)OC)CC[C@@H]4C[C@H]3[C@H]2O)CC1=C. The molecule has 0 bridgehead atoms. The van der Waals surface area contributed by atoms with E-state index in [4.69, 9.17) is 18.9 Å². The molecule has 3 N–H and O–H groups in total. The lowest BCUT2D eigenvalue weighted by atomic mass is 9.71. The Balaban J connectivity index is 1.20. The molecule has 4 fully saturated rings. The number of hydrogen-bond donors (Lipinski definition) is 3. The van der Waals surface area contributed by atoms with Gasteiger partial charge in [-0.3, -0.25) is 9.59 Å². The molecule has 0 spiro atoms. The fourth-order valence-corrected chi connectivity index (χ4v) is 7.31. The summed E-state index contributed by atoms with van der Waals surface area (Å²) in [7, 11) is 1.35. The highest BCUT2D eigenvalue weighted by molar-refractivity contribution is 14.1. The fraction of sp³-hybridized carbons (Fsp3) is 0.806. The second-order valence-electron chi connectivity index (χ2n) is 12.6. The number of hydrogen-bond acceptors (Lipinski definition) is 9. The first-order valence-electron chi connectivity index (χ1n) is 15.1. The van der Waals surface area contributed by atoms with E-state index in [0.717, 1.165) is 15.6 Å². The number of rotatable bonds is 13.